The zero-order valence-corrected chi connectivity index (χ0v) is 24.4. The summed E-state index contributed by atoms with van der Waals surface area (Å²) in [6, 6.07) is 25.0. The van der Waals surface area contributed by atoms with Crippen LogP contribution in [-0.2, 0) is 24.6 Å². The molecule has 0 saturated carbocycles. The lowest BCUT2D eigenvalue weighted by Crippen LogP contribution is -2.41. The van der Waals surface area contributed by atoms with Crippen molar-refractivity contribution in [3.8, 4) is 11.5 Å². The maximum atomic E-state index is 12.8. The Morgan fingerprint density at radius 2 is 1.47 bits per heavy atom. The number of hydrogen-bond acceptors (Lipinski definition) is 8. The molecular formula is C33H34N2O8. The second-order valence-corrected chi connectivity index (χ2v) is 10.3. The van der Waals surface area contributed by atoms with Crippen LogP contribution in [0, 0.1) is 6.92 Å². The van der Waals surface area contributed by atoms with Crippen LogP contribution >= 0.6 is 0 Å². The fourth-order valence-corrected chi connectivity index (χ4v) is 5.40. The minimum Gasteiger partial charge on any atom is -0.497 e. The van der Waals surface area contributed by atoms with E-state index in [9.17, 15) is 14.4 Å². The van der Waals surface area contributed by atoms with Crippen molar-refractivity contribution in [1.82, 2.24) is 9.55 Å². The minimum absolute atomic E-state index is 0.0936. The van der Waals surface area contributed by atoms with Gasteiger partial charge in [0.2, 0.25) is 0 Å². The molecule has 1 aromatic heterocycles. The maximum absolute atomic E-state index is 12.8. The Kier molecular flexibility index (Phi) is 8.79. The number of aryl methyl sites for hydroxylation is 1. The number of ether oxygens (including phenoxy) is 5. The first-order valence-corrected chi connectivity index (χ1v) is 13.9. The van der Waals surface area contributed by atoms with Crippen molar-refractivity contribution in [2.45, 2.75) is 44.3 Å². The van der Waals surface area contributed by atoms with Crippen molar-refractivity contribution in [3.63, 3.8) is 0 Å². The third-order valence-corrected chi connectivity index (χ3v) is 7.59. The van der Waals surface area contributed by atoms with E-state index in [1.165, 1.54) is 17.7 Å². The van der Waals surface area contributed by atoms with E-state index in [4.69, 9.17) is 23.7 Å². The van der Waals surface area contributed by atoms with Gasteiger partial charge < -0.3 is 23.7 Å². The smallest absolute Gasteiger partial charge is 0.330 e. The maximum Gasteiger partial charge on any atom is 0.330 e. The third kappa shape index (κ3) is 6.11. The number of esters is 1. The second-order valence-electron chi connectivity index (χ2n) is 10.3. The number of rotatable bonds is 10. The van der Waals surface area contributed by atoms with Gasteiger partial charge in [-0.3, -0.25) is 19.1 Å². The largest absolute Gasteiger partial charge is 0.497 e. The van der Waals surface area contributed by atoms with Gasteiger partial charge in [-0.05, 0) is 47.9 Å². The van der Waals surface area contributed by atoms with Gasteiger partial charge in [0.05, 0.1) is 20.3 Å². The van der Waals surface area contributed by atoms with Crippen LogP contribution in [-0.4, -0.2) is 48.6 Å². The molecule has 0 radical (unpaired) electrons. The molecule has 1 aliphatic rings. The van der Waals surface area contributed by atoms with Gasteiger partial charge in [-0.25, -0.2) is 4.79 Å². The molecule has 5 rings (SSSR count). The number of aromatic nitrogens is 2. The van der Waals surface area contributed by atoms with Gasteiger partial charge in [0.25, 0.3) is 5.56 Å². The molecule has 0 aliphatic carbocycles. The van der Waals surface area contributed by atoms with Crippen LogP contribution in [0.25, 0.3) is 0 Å². The zero-order chi connectivity index (χ0) is 30.6. The normalized spacial score (nSPS) is 18.3. The zero-order valence-electron chi connectivity index (χ0n) is 24.4. The predicted molar refractivity (Wildman–Crippen MR) is 158 cm³/mol. The fraction of sp³-hybridized carbons (Fsp3) is 0.303. The third-order valence-electron chi connectivity index (χ3n) is 7.59. The lowest BCUT2D eigenvalue weighted by molar-refractivity contribution is -0.151. The van der Waals surface area contributed by atoms with Gasteiger partial charge in [0.15, 0.2) is 0 Å². The van der Waals surface area contributed by atoms with Crippen LogP contribution in [0.5, 0.6) is 11.5 Å². The summed E-state index contributed by atoms with van der Waals surface area (Å²) in [6.07, 6.45) is -0.471. The number of aromatic amines is 1. The van der Waals surface area contributed by atoms with E-state index in [0.29, 0.717) is 17.1 Å². The highest BCUT2D eigenvalue weighted by atomic mass is 16.6. The molecule has 1 fully saturated rings. The summed E-state index contributed by atoms with van der Waals surface area (Å²) in [6.45, 7) is 2.84. The summed E-state index contributed by atoms with van der Waals surface area (Å²) in [5, 5.41) is 0. The van der Waals surface area contributed by atoms with E-state index in [0.717, 1.165) is 16.7 Å². The molecule has 0 unspecified atom stereocenters. The highest BCUT2D eigenvalue weighted by Crippen LogP contribution is 2.45. The molecule has 1 N–H and O–H groups in total. The average molecular weight is 587 g/mol. The molecule has 10 nitrogen and oxygen atoms in total. The van der Waals surface area contributed by atoms with Crippen molar-refractivity contribution >= 4 is 5.97 Å². The number of hydrogen-bond donors (Lipinski definition) is 1. The first-order chi connectivity index (χ1) is 20.7. The molecule has 4 aromatic rings. The number of nitrogens with one attached hydrogen (secondary N) is 1. The number of methoxy groups -OCH3 is 2. The topological polar surface area (TPSA) is 118 Å². The molecule has 43 heavy (non-hydrogen) atoms. The lowest BCUT2D eigenvalue weighted by Gasteiger charge is -2.39. The molecular weight excluding hydrogens is 552 g/mol. The van der Waals surface area contributed by atoms with Gasteiger partial charge in [-0.15, -0.1) is 0 Å². The van der Waals surface area contributed by atoms with Gasteiger partial charge >= 0.3 is 11.7 Å². The number of H-pyrrole nitrogens is 1. The van der Waals surface area contributed by atoms with Crippen molar-refractivity contribution in [1.29, 1.82) is 0 Å². The van der Waals surface area contributed by atoms with E-state index in [2.05, 4.69) is 4.98 Å². The van der Waals surface area contributed by atoms with Crippen LogP contribution < -0.4 is 20.7 Å². The first kappa shape index (κ1) is 29.8. The van der Waals surface area contributed by atoms with E-state index in [-0.39, 0.29) is 13.0 Å². The first-order valence-electron chi connectivity index (χ1n) is 13.9. The van der Waals surface area contributed by atoms with Crippen LogP contribution in [0.2, 0.25) is 0 Å². The van der Waals surface area contributed by atoms with Crippen molar-refractivity contribution in [3.05, 3.63) is 128 Å². The number of carbonyl (C=O) groups is 1. The molecule has 224 valence electrons. The summed E-state index contributed by atoms with van der Waals surface area (Å²) in [7, 11) is 3.21. The molecule has 2 heterocycles. The van der Waals surface area contributed by atoms with Gasteiger partial charge in [-0.2, -0.15) is 0 Å². The standard InChI is InChI=1S/C33H34N2O8/c1-21-19-35(32(38)34-31(21)37)30-18-28(29(42-30)20-41-22(2)36)43-33(23-8-6-5-7-9-23,24-10-14-26(39-3)15-11-24)25-12-16-27(40-4)17-13-25/h5-17,19,28-30H,18,20H2,1-4H3,(H,34,37,38)/t28-,29+,30+/m0/s1. The average Bonchev–Trinajstić information content (AvgIpc) is 3.43. The number of carbonyl (C=O) groups excluding carboxylic acids is 1. The van der Waals surface area contributed by atoms with Crippen molar-refractivity contribution in [2.24, 2.45) is 0 Å². The molecule has 0 amide bonds. The van der Waals surface area contributed by atoms with Crippen molar-refractivity contribution in [2.75, 3.05) is 20.8 Å². The molecule has 1 saturated heterocycles. The fourth-order valence-electron chi connectivity index (χ4n) is 5.40. The SMILES string of the molecule is COc1ccc(C(O[C@H]2C[C@H](n3cc(C)c(=O)[nH]c3=O)O[C@@H]2COC(C)=O)(c2ccccc2)c2ccc(OC)cc2)cc1. The predicted octanol–water partition coefficient (Wildman–Crippen LogP) is 4.09. The van der Waals surface area contributed by atoms with Crippen LogP contribution in [0.3, 0.4) is 0 Å². The molecule has 10 heteroatoms. The molecule has 0 spiro atoms. The molecule has 0 bridgehead atoms. The summed E-state index contributed by atoms with van der Waals surface area (Å²) in [5.74, 6) is 0.901. The van der Waals surface area contributed by atoms with E-state index >= 15 is 0 Å². The Morgan fingerprint density at radius 1 is 0.907 bits per heavy atom. The number of nitrogens with zero attached hydrogens (tertiary/aromatic N) is 1. The summed E-state index contributed by atoms with van der Waals surface area (Å²) in [4.78, 5) is 39.0. The lowest BCUT2D eigenvalue weighted by atomic mass is 9.79. The highest BCUT2D eigenvalue weighted by Gasteiger charge is 2.46. The van der Waals surface area contributed by atoms with E-state index in [1.807, 2.05) is 78.9 Å². The summed E-state index contributed by atoms with van der Waals surface area (Å²) >= 11 is 0. The van der Waals surface area contributed by atoms with Crippen LogP contribution in [0.1, 0.15) is 41.8 Å². The summed E-state index contributed by atoms with van der Waals surface area (Å²) in [5.41, 5.74) is 0.602. The molecule has 1 aliphatic heterocycles. The van der Waals surface area contributed by atoms with Crippen molar-refractivity contribution < 1.29 is 28.5 Å². The van der Waals surface area contributed by atoms with Gasteiger partial charge in [0, 0.05) is 25.1 Å². The Balaban J connectivity index is 1.66. The van der Waals surface area contributed by atoms with Gasteiger partial charge in [0.1, 0.15) is 36.0 Å². The number of benzene rings is 3. The van der Waals surface area contributed by atoms with Gasteiger partial charge in [-0.1, -0.05) is 54.6 Å². The Labute approximate surface area is 248 Å². The molecule has 3 aromatic carbocycles. The minimum atomic E-state index is -1.16. The highest BCUT2D eigenvalue weighted by molar-refractivity contribution is 5.65. The Hall–Kier alpha value is -4.67. The van der Waals surface area contributed by atoms with E-state index in [1.54, 1.807) is 21.1 Å². The second kappa shape index (κ2) is 12.7. The van der Waals surface area contributed by atoms with E-state index < -0.39 is 41.3 Å². The Bertz CT molecular complexity index is 1620. The Morgan fingerprint density at radius 3 is 2.00 bits per heavy atom. The summed E-state index contributed by atoms with van der Waals surface area (Å²) < 4.78 is 31.1. The van der Waals surface area contributed by atoms with Crippen LogP contribution in [0.4, 0.5) is 0 Å². The van der Waals surface area contributed by atoms with Crippen LogP contribution in [0.15, 0.2) is 94.6 Å². The monoisotopic (exact) mass is 586 g/mol. The molecule has 3 atom stereocenters. The quantitative estimate of drug-likeness (QED) is 0.218.